The third kappa shape index (κ3) is 5.60. The zero-order chi connectivity index (χ0) is 23.4. The van der Waals surface area contributed by atoms with Crippen molar-refractivity contribution in [2.75, 3.05) is 52.9 Å². The molecule has 9 heteroatoms. The number of hydrogen-bond acceptors (Lipinski definition) is 5. The molecule has 2 heterocycles. The number of sulfonamides is 1. The minimum absolute atomic E-state index is 0.0313. The van der Waals surface area contributed by atoms with Crippen molar-refractivity contribution in [1.29, 1.82) is 0 Å². The molecule has 1 atom stereocenters. The van der Waals surface area contributed by atoms with Crippen molar-refractivity contribution < 1.29 is 17.6 Å². The van der Waals surface area contributed by atoms with E-state index in [0.717, 1.165) is 56.0 Å². The Morgan fingerprint density at radius 2 is 1.73 bits per heavy atom. The number of rotatable bonds is 7. The van der Waals surface area contributed by atoms with Crippen LogP contribution in [0.4, 0.5) is 4.39 Å². The van der Waals surface area contributed by atoms with Crippen LogP contribution in [0.2, 0.25) is 0 Å². The van der Waals surface area contributed by atoms with Crippen LogP contribution in [-0.2, 0) is 21.2 Å². The average Bonchev–Trinajstić information content (AvgIpc) is 2.81. The van der Waals surface area contributed by atoms with Gasteiger partial charge >= 0.3 is 0 Å². The molecule has 2 aromatic carbocycles. The topological polar surface area (TPSA) is 73.0 Å². The van der Waals surface area contributed by atoms with E-state index in [1.807, 2.05) is 24.3 Å². The lowest BCUT2D eigenvalue weighted by molar-refractivity contribution is -0.122. The van der Waals surface area contributed by atoms with Crippen LogP contribution in [0.1, 0.15) is 23.6 Å². The van der Waals surface area contributed by atoms with E-state index in [9.17, 15) is 17.6 Å². The molecule has 0 aliphatic carbocycles. The quantitative estimate of drug-likeness (QED) is 0.663. The van der Waals surface area contributed by atoms with E-state index >= 15 is 0 Å². The average molecular weight is 475 g/mol. The fourth-order valence-corrected chi connectivity index (χ4v) is 6.15. The summed E-state index contributed by atoms with van der Waals surface area (Å²) < 4.78 is 41.6. The minimum Gasteiger partial charge on any atom is -0.355 e. The summed E-state index contributed by atoms with van der Waals surface area (Å²) in [7, 11) is -1.78. The highest BCUT2D eigenvalue weighted by molar-refractivity contribution is 7.89. The second-order valence-electron chi connectivity index (χ2n) is 8.73. The van der Waals surface area contributed by atoms with Crippen LogP contribution >= 0.6 is 0 Å². The van der Waals surface area contributed by atoms with Gasteiger partial charge in [0.15, 0.2) is 0 Å². The maximum absolute atomic E-state index is 13.4. The number of fused-ring (bicyclic) bond motifs is 1. The molecular weight excluding hydrogens is 443 g/mol. The first-order chi connectivity index (χ1) is 15.8. The first-order valence-electron chi connectivity index (χ1n) is 11.4. The first-order valence-corrected chi connectivity index (χ1v) is 12.8. The van der Waals surface area contributed by atoms with Crippen LogP contribution in [0.3, 0.4) is 0 Å². The Labute approximate surface area is 195 Å². The summed E-state index contributed by atoms with van der Waals surface area (Å²) in [5.41, 5.74) is 1.90. The molecule has 0 spiro atoms. The van der Waals surface area contributed by atoms with Crippen molar-refractivity contribution in [3.05, 3.63) is 65.5 Å². The van der Waals surface area contributed by atoms with E-state index in [1.165, 1.54) is 16.4 Å². The van der Waals surface area contributed by atoms with Gasteiger partial charge in [0, 0.05) is 52.2 Å². The Kier molecular flexibility index (Phi) is 7.43. The standard InChI is InChI=1S/C24H31FN4O3S/c1-27-14-16-28(17-15-27)13-11-26-24(30)18-23-22-5-3-2-4-19(22)10-12-29(23)33(31,32)21-8-6-20(25)7-9-21/h2-9,23H,10-18H2,1H3,(H,26,30). The summed E-state index contributed by atoms with van der Waals surface area (Å²) in [6.45, 7) is 5.57. The van der Waals surface area contributed by atoms with Gasteiger partial charge in [-0.05, 0) is 48.9 Å². The Morgan fingerprint density at radius 1 is 1.03 bits per heavy atom. The number of nitrogens with zero attached hydrogens (tertiary/aromatic N) is 3. The van der Waals surface area contributed by atoms with Crippen molar-refractivity contribution in [2.24, 2.45) is 0 Å². The summed E-state index contributed by atoms with van der Waals surface area (Å²) in [6, 6.07) is 11.9. The lowest BCUT2D eigenvalue weighted by Gasteiger charge is -2.36. The second-order valence-corrected chi connectivity index (χ2v) is 10.6. The summed E-state index contributed by atoms with van der Waals surface area (Å²) in [5, 5.41) is 2.97. The number of amides is 1. The van der Waals surface area contributed by atoms with Gasteiger partial charge in [-0.3, -0.25) is 9.69 Å². The number of halogens is 1. The normalized spacial score (nSPS) is 20.4. The zero-order valence-corrected chi connectivity index (χ0v) is 19.7. The molecule has 0 bridgehead atoms. The van der Waals surface area contributed by atoms with Gasteiger partial charge in [0.1, 0.15) is 5.82 Å². The van der Waals surface area contributed by atoms with Gasteiger partial charge in [0.25, 0.3) is 0 Å². The molecule has 1 saturated heterocycles. The summed E-state index contributed by atoms with van der Waals surface area (Å²) in [5.74, 6) is -0.667. The molecule has 0 saturated carbocycles. The van der Waals surface area contributed by atoms with Crippen LogP contribution in [0.15, 0.2) is 53.4 Å². The van der Waals surface area contributed by atoms with Crippen molar-refractivity contribution in [1.82, 2.24) is 19.4 Å². The molecule has 1 N–H and O–H groups in total. The number of piperazine rings is 1. The number of likely N-dealkylation sites (N-methyl/N-ethyl adjacent to an activating group) is 1. The Balaban J connectivity index is 1.47. The molecule has 4 rings (SSSR count). The molecule has 1 amide bonds. The van der Waals surface area contributed by atoms with Gasteiger partial charge in [0.05, 0.1) is 10.9 Å². The Morgan fingerprint density at radius 3 is 2.45 bits per heavy atom. The Hall–Kier alpha value is -2.33. The molecule has 0 radical (unpaired) electrons. The van der Waals surface area contributed by atoms with Crippen LogP contribution in [-0.4, -0.2) is 81.3 Å². The molecule has 1 fully saturated rings. The van der Waals surface area contributed by atoms with Crippen molar-refractivity contribution in [3.63, 3.8) is 0 Å². The van der Waals surface area contributed by atoms with Crippen molar-refractivity contribution >= 4 is 15.9 Å². The van der Waals surface area contributed by atoms with Crippen molar-refractivity contribution in [3.8, 4) is 0 Å². The van der Waals surface area contributed by atoms with Crippen LogP contribution in [0.25, 0.3) is 0 Å². The van der Waals surface area contributed by atoms with Gasteiger partial charge in [0.2, 0.25) is 15.9 Å². The SMILES string of the molecule is CN1CCN(CCNC(=O)CC2c3ccccc3CCN2S(=O)(=O)c2ccc(F)cc2)CC1. The molecule has 33 heavy (non-hydrogen) atoms. The van der Waals surface area contributed by atoms with Crippen molar-refractivity contribution in [2.45, 2.75) is 23.8 Å². The molecule has 2 aliphatic heterocycles. The van der Waals surface area contributed by atoms with E-state index in [4.69, 9.17) is 0 Å². The third-order valence-electron chi connectivity index (χ3n) is 6.51. The number of benzene rings is 2. The van der Waals surface area contributed by atoms with Crippen LogP contribution < -0.4 is 5.32 Å². The van der Waals surface area contributed by atoms with Gasteiger partial charge < -0.3 is 10.2 Å². The van der Waals surface area contributed by atoms with E-state index < -0.39 is 21.9 Å². The maximum atomic E-state index is 13.4. The first kappa shape index (κ1) is 23.8. The summed E-state index contributed by atoms with van der Waals surface area (Å²) >= 11 is 0. The van der Waals surface area contributed by atoms with E-state index in [2.05, 4.69) is 22.2 Å². The van der Waals surface area contributed by atoms with Gasteiger partial charge in [-0.15, -0.1) is 0 Å². The predicted molar refractivity (Wildman–Crippen MR) is 125 cm³/mol. The van der Waals surface area contributed by atoms with Gasteiger partial charge in [-0.1, -0.05) is 24.3 Å². The molecular formula is C24H31FN4O3S. The van der Waals surface area contributed by atoms with Gasteiger partial charge in [-0.2, -0.15) is 4.31 Å². The number of carbonyl (C=O) groups is 1. The van der Waals surface area contributed by atoms with E-state index in [0.29, 0.717) is 13.0 Å². The lowest BCUT2D eigenvalue weighted by atomic mass is 9.92. The molecule has 2 aliphatic rings. The van der Waals surface area contributed by atoms with Crippen LogP contribution in [0, 0.1) is 5.82 Å². The Bertz CT molecular complexity index is 1070. The second kappa shape index (κ2) is 10.3. The highest BCUT2D eigenvalue weighted by Gasteiger charge is 2.37. The molecule has 2 aromatic rings. The zero-order valence-electron chi connectivity index (χ0n) is 18.9. The fourth-order valence-electron chi connectivity index (χ4n) is 4.54. The lowest BCUT2D eigenvalue weighted by Crippen LogP contribution is -2.47. The summed E-state index contributed by atoms with van der Waals surface area (Å²) in [6.07, 6.45) is 0.609. The smallest absolute Gasteiger partial charge is 0.243 e. The molecule has 1 unspecified atom stereocenters. The van der Waals surface area contributed by atoms with E-state index in [1.54, 1.807) is 0 Å². The highest BCUT2D eigenvalue weighted by atomic mass is 32.2. The fraction of sp³-hybridized carbons (Fsp3) is 0.458. The molecule has 178 valence electrons. The molecule has 0 aromatic heterocycles. The van der Waals surface area contributed by atoms with Crippen LogP contribution in [0.5, 0.6) is 0 Å². The third-order valence-corrected chi connectivity index (χ3v) is 8.43. The minimum atomic E-state index is -3.89. The highest BCUT2D eigenvalue weighted by Crippen LogP contribution is 2.36. The largest absolute Gasteiger partial charge is 0.355 e. The van der Waals surface area contributed by atoms with Gasteiger partial charge in [-0.25, -0.2) is 12.8 Å². The van der Waals surface area contributed by atoms with E-state index in [-0.39, 0.29) is 23.8 Å². The number of hydrogen-bond donors (Lipinski definition) is 1. The number of nitrogens with one attached hydrogen (secondary N) is 1. The summed E-state index contributed by atoms with van der Waals surface area (Å²) in [4.78, 5) is 17.5. The predicted octanol–water partition coefficient (Wildman–Crippen LogP) is 1.87. The number of carbonyl (C=O) groups excluding carboxylic acids is 1. The molecule has 7 nitrogen and oxygen atoms in total. The monoisotopic (exact) mass is 474 g/mol. The maximum Gasteiger partial charge on any atom is 0.243 e.